The van der Waals surface area contributed by atoms with Crippen LogP contribution in [-0.4, -0.2) is 18.7 Å². The average molecular weight is 210 g/mol. The summed E-state index contributed by atoms with van der Waals surface area (Å²) in [5.41, 5.74) is 7.23. The fourth-order valence-corrected chi connectivity index (χ4v) is 1.59. The van der Waals surface area contributed by atoms with Crippen molar-refractivity contribution in [3.8, 4) is 0 Å². The second-order valence-corrected chi connectivity index (χ2v) is 3.75. The van der Waals surface area contributed by atoms with E-state index in [4.69, 9.17) is 5.73 Å². The summed E-state index contributed by atoms with van der Waals surface area (Å²) in [4.78, 5) is 11.0. The molecule has 0 fully saturated rings. The molecule has 0 atom stereocenters. The minimum Gasteiger partial charge on any atom is -0.325 e. The summed E-state index contributed by atoms with van der Waals surface area (Å²) in [6.45, 7) is 0.0204. The number of amides is 1. The van der Waals surface area contributed by atoms with Crippen LogP contribution in [-0.2, 0) is 10.5 Å². The molecule has 0 saturated heterocycles. The SMILES string of the molecule is CSCc1ccc(NC(=O)CN)cc1. The number of nitrogens with one attached hydrogen (secondary N) is 1. The Morgan fingerprint density at radius 2 is 2.07 bits per heavy atom. The van der Waals surface area contributed by atoms with Crippen molar-refractivity contribution in [2.45, 2.75) is 5.75 Å². The topological polar surface area (TPSA) is 55.1 Å². The third-order valence-corrected chi connectivity index (χ3v) is 2.36. The van der Waals surface area contributed by atoms with E-state index in [2.05, 4.69) is 11.6 Å². The predicted octanol–water partition coefficient (Wildman–Crippen LogP) is 1.45. The average Bonchev–Trinajstić information content (AvgIpc) is 2.21. The summed E-state index contributed by atoms with van der Waals surface area (Å²) in [5.74, 6) is 0.827. The number of anilines is 1. The van der Waals surface area contributed by atoms with Gasteiger partial charge < -0.3 is 11.1 Å². The highest BCUT2D eigenvalue weighted by molar-refractivity contribution is 7.97. The van der Waals surface area contributed by atoms with Crippen molar-refractivity contribution in [1.29, 1.82) is 0 Å². The van der Waals surface area contributed by atoms with Crippen molar-refractivity contribution >= 4 is 23.4 Å². The molecule has 4 heteroatoms. The molecule has 76 valence electrons. The summed E-state index contributed by atoms with van der Waals surface area (Å²) in [6, 6.07) is 7.78. The first-order valence-corrected chi connectivity index (χ1v) is 5.73. The van der Waals surface area contributed by atoms with Crippen LogP contribution in [0.4, 0.5) is 5.69 Å². The van der Waals surface area contributed by atoms with Crippen LogP contribution in [0.2, 0.25) is 0 Å². The monoisotopic (exact) mass is 210 g/mol. The molecule has 0 unspecified atom stereocenters. The molecular formula is C10H14N2OS. The van der Waals surface area contributed by atoms with E-state index in [0.717, 1.165) is 11.4 Å². The molecule has 0 aliphatic rings. The molecule has 3 nitrogen and oxygen atoms in total. The molecule has 0 aromatic heterocycles. The first kappa shape index (κ1) is 11.1. The summed E-state index contributed by atoms with van der Waals surface area (Å²) >= 11 is 1.77. The van der Waals surface area contributed by atoms with Gasteiger partial charge in [0.1, 0.15) is 0 Å². The van der Waals surface area contributed by atoms with Gasteiger partial charge in [-0.2, -0.15) is 11.8 Å². The van der Waals surface area contributed by atoms with Crippen molar-refractivity contribution in [1.82, 2.24) is 0 Å². The summed E-state index contributed by atoms with van der Waals surface area (Å²) in [7, 11) is 0. The molecule has 0 aliphatic heterocycles. The Morgan fingerprint density at radius 1 is 1.43 bits per heavy atom. The first-order valence-electron chi connectivity index (χ1n) is 4.34. The molecule has 1 rings (SSSR count). The number of hydrogen-bond acceptors (Lipinski definition) is 3. The molecule has 0 heterocycles. The van der Waals surface area contributed by atoms with Gasteiger partial charge in [-0.15, -0.1) is 0 Å². The van der Waals surface area contributed by atoms with Crippen LogP contribution in [0.1, 0.15) is 5.56 Å². The van der Waals surface area contributed by atoms with Gasteiger partial charge in [0.05, 0.1) is 6.54 Å². The third kappa shape index (κ3) is 3.40. The van der Waals surface area contributed by atoms with Gasteiger partial charge in [-0.3, -0.25) is 4.79 Å². The van der Waals surface area contributed by atoms with Crippen LogP contribution in [0.3, 0.4) is 0 Å². The Labute approximate surface area is 88.1 Å². The smallest absolute Gasteiger partial charge is 0.238 e. The predicted molar refractivity (Wildman–Crippen MR) is 61.3 cm³/mol. The lowest BCUT2D eigenvalue weighted by atomic mass is 10.2. The standard InChI is InChI=1S/C10H14N2OS/c1-14-7-8-2-4-9(5-3-8)12-10(13)6-11/h2-5H,6-7,11H2,1H3,(H,12,13). The number of nitrogens with two attached hydrogens (primary N) is 1. The van der Waals surface area contributed by atoms with Crippen LogP contribution in [0.5, 0.6) is 0 Å². The maximum atomic E-state index is 11.0. The number of carbonyl (C=O) groups excluding carboxylic acids is 1. The molecule has 0 aliphatic carbocycles. The Bertz CT molecular complexity index is 297. The van der Waals surface area contributed by atoms with E-state index in [1.54, 1.807) is 11.8 Å². The summed E-state index contributed by atoms with van der Waals surface area (Å²) in [5, 5.41) is 2.69. The Hall–Kier alpha value is -1.00. The van der Waals surface area contributed by atoms with Crippen molar-refractivity contribution in [3.05, 3.63) is 29.8 Å². The molecular weight excluding hydrogens is 196 g/mol. The third-order valence-electron chi connectivity index (χ3n) is 1.73. The maximum Gasteiger partial charge on any atom is 0.238 e. The lowest BCUT2D eigenvalue weighted by Gasteiger charge is -2.04. The highest BCUT2D eigenvalue weighted by atomic mass is 32.2. The maximum absolute atomic E-state index is 11.0. The van der Waals surface area contributed by atoms with Crippen molar-refractivity contribution in [2.24, 2.45) is 5.73 Å². The van der Waals surface area contributed by atoms with Gasteiger partial charge in [0.25, 0.3) is 0 Å². The Kier molecular flexibility index (Phi) is 4.49. The van der Waals surface area contributed by atoms with Gasteiger partial charge >= 0.3 is 0 Å². The Morgan fingerprint density at radius 3 is 2.57 bits per heavy atom. The second kappa shape index (κ2) is 5.67. The van der Waals surface area contributed by atoms with Crippen LogP contribution in [0.15, 0.2) is 24.3 Å². The van der Waals surface area contributed by atoms with Gasteiger partial charge in [0.15, 0.2) is 0 Å². The Balaban J connectivity index is 2.59. The van der Waals surface area contributed by atoms with Gasteiger partial charge in [-0.25, -0.2) is 0 Å². The molecule has 0 radical (unpaired) electrons. The van der Waals surface area contributed by atoms with Gasteiger partial charge in [-0.1, -0.05) is 12.1 Å². The van der Waals surface area contributed by atoms with Crippen LogP contribution < -0.4 is 11.1 Å². The zero-order valence-electron chi connectivity index (χ0n) is 8.12. The van der Waals surface area contributed by atoms with Crippen molar-refractivity contribution in [3.63, 3.8) is 0 Å². The van der Waals surface area contributed by atoms with Gasteiger partial charge in [0, 0.05) is 11.4 Å². The second-order valence-electron chi connectivity index (χ2n) is 2.88. The molecule has 1 aromatic carbocycles. The van der Waals surface area contributed by atoms with E-state index in [1.807, 2.05) is 24.3 Å². The van der Waals surface area contributed by atoms with E-state index < -0.39 is 0 Å². The summed E-state index contributed by atoms with van der Waals surface area (Å²) in [6.07, 6.45) is 2.06. The van der Waals surface area contributed by atoms with E-state index in [9.17, 15) is 4.79 Å². The molecule has 14 heavy (non-hydrogen) atoms. The minimum absolute atomic E-state index is 0.0204. The fourth-order valence-electron chi connectivity index (χ4n) is 1.06. The van der Waals surface area contributed by atoms with Crippen LogP contribution in [0.25, 0.3) is 0 Å². The highest BCUT2D eigenvalue weighted by Crippen LogP contribution is 2.13. The first-order chi connectivity index (χ1) is 6.76. The molecule has 1 aromatic rings. The van der Waals surface area contributed by atoms with E-state index in [-0.39, 0.29) is 12.5 Å². The zero-order chi connectivity index (χ0) is 10.4. The highest BCUT2D eigenvalue weighted by Gasteiger charge is 1.98. The van der Waals surface area contributed by atoms with Gasteiger partial charge in [0.2, 0.25) is 5.91 Å². The normalized spacial score (nSPS) is 9.86. The largest absolute Gasteiger partial charge is 0.325 e. The van der Waals surface area contributed by atoms with E-state index in [0.29, 0.717) is 0 Å². The number of hydrogen-bond donors (Lipinski definition) is 2. The number of benzene rings is 1. The van der Waals surface area contributed by atoms with E-state index in [1.165, 1.54) is 5.56 Å². The molecule has 0 saturated carbocycles. The minimum atomic E-state index is -0.164. The molecule has 0 bridgehead atoms. The zero-order valence-corrected chi connectivity index (χ0v) is 8.93. The molecule has 1 amide bonds. The van der Waals surface area contributed by atoms with Gasteiger partial charge in [-0.05, 0) is 24.0 Å². The quantitative estimate of drug-likeness (QED) is 0.790. The summed E-state index contributed by atoms with van der Waals surface area (Å²) < 4.78 is 0. The number of carbonyl (C=O) groups is 1. The fraction of sp³-hybridized carbons (Fsp3) is 0.300. The lowest BCUT2D eigenvalue weighted by molar-refractivity contribution is -0.114. The molecule has 3 N–H and O–H groups in total. The molecule has 0 spiro atoms. The number of rotatable bonds is 4. The van der Waals surface area contributed by atoms with Crippen molar-refractivity contribution in [2.75, 3.05) is 18.1 Å². The van der Waals surface area contributed by atoms with E-state index >= 15 is 0 Å². The van der Waals surface area contributed by atoms with Crippen molar-refractivity contribution < 1.29 is 4.79 Å². The lowest BCUT2D eigenvalue weighted by Crippen LogP contribution is -2.21. The number of thioether (sulfide) groups is 1. The van der Waals surface area contributed by atoms with Crippen LogP contribution >= 0.6 is 11.8 Å². The van der Waals surface area contributed by atoms with Crippen LogP contribution in [0, 0.1) is 0 Å².